The van der Waals surface area contributed by atoms with Crippen LogP contribution in [0.2, 0.25) is 0 Å². The lowest BCUT2D eigenvalue weighted by molar-refractivity contribution is -0.133. The third kappa shape index (κ3) is 6.12. The Kier molecular flexibility index (Phi) is 8.40. The van der Waals surface area contributed by atoms with Crippen LogP contribution in [0.5, 0.6) is 0 Å². The van der Waals surface area contributed by atoms with E-state index >= 15 is 0 Å². The Bertz CT molecular complexity index is 1510. The zero-order chi connectivity index (χ0) is 28.9. The van der Waals surface area contributed by atoms with Crippen molar-refractivity contribution in [2.24, 2.45) is 0 Å². The van der Waals surface area contributed by atoms with Crippen molar-refractivity contribution in [2.75, 3.05) is 52.4 Å². The lowest BCUT2D eigenvalue weighted by Gasteiger charge is -2.36. The van der Waals surface area contributed by atoms with Gasteiger partial charge in [0.15, 0.2) is 0 Å². The van der Waals surface area contributed by atoms with Gasteiger partial charge in [0.2, 0.25) is 5.91 Å². The fourth-order valence-electron chi connectivity index (χ4n) is 5.99. The molecule has 4 aromatic carbocycles. The van der Waals surface area contributed by atoms with Gasteiger partial charge in [0, 0.05) is 68.9 Å². The summed E-state index contributed by atoms with van der Waals surface area (Å²) in [5.41, 5.74) is 3.55. The van der Waals surface area contributed by atoms with Crippen LogP contribution in [-0.4, -0.2) is 89.7 Å². The minimum atomic E-state index is -0.220. The Morgan fingerprint density at radius 2 is 1.21 bits per heavy atom. The summed E-state index contributed by atoms with van der Waals surface area (Å²) >= 11 is 0. The number of carbonyl (C=O) groups excluding carboxylic acids is 3. The van der Waals surface area contributed by atoms with Crippen molar-refractivity contribution in [3.05, 3.63) is 119 Å². The standard InChI is InChI=1S/C35H36N4O3/c40-32(38(25-28-11-5-2-6-12-28)18-17-27-9-3-1-4-10-27)26-37-21-19-36(20-22-37)23-24-39-34(41)30-15-7-13-29-14-8-16-31(33(29)30)35(39)42/h1-16H,17-26H2. The van der Waals surface area contributed by atoms with E-state index in [4.69, 9.17) is 0 Å². The third-order valence-electron chi connectivity index (χ3n) is 8.40. The van der Waals surface area contributed by atoms with Crippen LogP contribution in [0.1, 0.15) is 31.8 Å². The lowest BCUT2D eigenvalue weighted by Crippen LogP contribution is -2.52. The molecule has 0 spiro atoms. The van der Waals surface area contributed by atoms with Gasteiger partial charge in [-0.1, -0.05) is 84.9 Å². The summed E-state index contributed by atoms with van der Waals surface area (Å²) in [6.07, 6.45) is 0.820. The summed E-state index contributed by atoms with van der Waals surface area (Å²) in [4.78, 5) is 47.8. The SMILES string of the molecule is O=C(CN1CCN(CCN2C(=O)c3cccc4cccc(c34)C2=O)CC1)N(CCc1ccccc1)Cc1ccccc1. The minimum absolute atomic E-state index is 0.139. The maximum Gasteiger partial charge on any atom is 0.261 e. The fraction of sp³-hybridized carbons (Fsp3) is 0.286. The number of carbonyl (C=O) groups is 3. The second-order valence-corrected chi connectivity index (χ2v) is 11.1. The van der Waals surface area contributed by atoms with E-state index < -0.39 is 0 Å². The molecule has 0 radical (unpaired) electrons. The maximum absolute atomic E-state index is 13.5. The molecular weight excluding hydrogens is 524 g/mol. The van der Waals surface area contributed by atoms with Crippen LogP contribution in [0.3, 0.4) is 0 Å². The van der Waals surface area contributed by atoms with Crippen LogP contribution in [0, 0.1) is 0 Å². The highest BCUT2D eigenvalue weighted by molar-refractivity contribution is 6.25. The number of piperazine rings is 1. The highest BCUT2D eigenvalue weighted by Crippen LogP contribution is 2.29. The smallest absolute Gasteiger partial charge is 0.261 e. The van der Waals surface area contributed by atoms with Crippen molar-refractivity contribution < 1.29 is 14.4 Å². The molecule has 0 saturated carbocycles. The summed E-state index contributed by atoms with van der Waals surface area (Å²) in [6, 6.07) is 31.7. The fourth-order valence-corrected chi connectivity index (χ4v) is 5.99. The monoisotopic (exact) mass is 560 g/mol. The predicted octanol–water partition coefficient (Wildman–Crippen LogP) is 4.32. The third-order valence-corrected chi connectivity index (χ3v) is 8.40. The molecule has 0 aromatic heterocycles. The number of hydrogen-bond donors (Lipinski definition) is 0. The zero-order valence-corrected chi connectivity index (χ0v) is 23.8. The Labute approximate surface area is 246 Å². The topological polar surface area (TPSA) is 64.2 Å². The van der Waals surface area contributed by atoms with Gasteiger partial charge in [0.05, 0.1) is 6.54 Å². The summed E-state index contributed by atoms with van der Waals surface area (Å²) in [5, 5.41) is 1.68. The molecule has 1 fully saturated rings. The summed E-state index contributed by atoms with van der Waals surface area (Å²) in [7, 11) is 0. The first-order valence-electron chi connectivity index (χ1n) is 14.7. The zero-order valence-electron chi connectivity index (χ0n) is 23.8. The molecule has 0 N–H and O–H groups in total. The largest absolute Gasteiger partial charge is 0.337 e. The van der Waals surface area contributed by atoms with Gasteiger partial charge in [-0.3, -0.25) is 29.1 Å². The van der Waals surface area contributed by atoms with Crippen LogP contribution in [0.25, 0.3) is 10.8 Å². The van der Waals surface area contributed by atoms with Gasteiger partial charge in [-0.25, -0.2) is 0 Å². The average Bonchev–Trinajstić information content (AvgIpc) is 3.03. The molecule has 0 bridgehead atoms. The van der Waals surface area contributed by atoms with Gasteiger partial charge in [-0.15, -0.1) is 0 Å². The van der Waals surface area contributed by atoms with E-state index in [1.165, 1.54) is 10.5 Å². The normalized spacial score (nSPS) is 15.8. The second-order valence-electron chi connectivity index (χ2n) is 11.1. The molecule has 2 aliphatic heterocycles. The van der Waals surface area contributed by atoms with Gasteiger partial charge in [0.1, 0.15) is 0 Å². The highest BCUT2D eigenvalue weighted by Gasteiger charge is 2.33. The van der Waals surface area contributed by atoms with Crippen LogP contribution in [0.4, 0.5) is 0 Å². The molecule has 2 heterocycles. The first-order chi connectivity index (χ1) is 20.6. The molecule has 3 amide bonds. The molecule has 42 heavy (non-hydrogen) atoms. The van der Waals surface area contributed by atoms with E-state index in [1.807, 2.05) is 77.7 Å². The van der Waals surface area contributed by atoms with Crippen molar-refractivity contribution in [3.8, 4) is 0 Å². The average molecular weight is 561 g/mol. The molecule has 7 heteroatoms. The molecule has 0 unspecified atom stereocenters. The molecule has 0 atom stereocenters. The van der Waals surface area contributed by atoms with Crippen LogP contribution < -0.4 is 0 Å². The Hall–Kier alpha value is -4.33. The van der Waals surface area contributed by atoms with Crippen molar-refractivity contribution in [2.45, 2.75) is 13.0 Å². The Balaban J connectivity index is 1.02. The number of nitrogens with zero attached hydrogens (tertiary/aromatic N) is 4. The van der Waals surface area contributed by atoms with E-state index in [1.54, 1.807) is 0 Å². The molecule has 7 nitrogen and oxygen atoms in total. The van der Waals surface area contributed by atoms with Crippen LogP contribution in [0.15, 0.2) is 97.1 Å². The van der Waals surface area contributed by atoms with Crippen molar-refractivity contribution in [3.63, 3.8) is 0 Å². The van der Waals surface area contributed by atoms with Gasteiger partial charge in [-0.05, 0) is 35.1 Å². The van der Waals surface area contributed by atoms with Crippen molar-refractivity contribution >= 4 is 28.5 Å². The molecule has 1 saturated heterocycles. The van der Waals surface area contributed by atoms with Crippen molar-refractivity contribution in [1.29, 1.82) is 0 Å². The quantitative estimate of drug-likeness (QED) is 0.270. The summed E-state index contributed by atoms with van der Waals surface area (Å²) < 4.78 is 0. The van der Waals surface area contributed by atoms with Crippen LogP contribution in [-0.2, 0) is 17.8 Å². The Morgan fingerprint density at radius 1 is 0.643 bits per heavy atom. The Morgan fingerprint density at radius 3 is 1.83 bits per heavy atom. The van der Waals surface area contributed by atoms with Gasteiger partial charge in [-0.2, -0.15) is 0 Å². The van der Waals surface area contributed by atoms with Gasteiger partial charge >= 0.3 is 0 Å². The molecule has 2 aliphatic rings. The summed E-state index contributed by atoms with van der Waals surface area (Å²) in [5.74, 6) is -0.300. The number of imide groups is 1. The van der Waals surface area contributed by atoms with E-state index in [9.17, 15) is 14.4 Å². The van der Waals surface area contributed by atoms with E-state index in [2.05, 4.69) is 34.1 Å². The molecule has 4 aromatic rings. The number of benzene rings is 4. The molecule has 214 valence electrons. The van der Waals surface area contributed by atoms with Gasteiger partial charge < -0.3 is 4.90 Å². The van der Waals surface area contributed by atoms with E-state index in [-0.39, 0.29) is 17.7 Å². The molecule has 0 aliphatic carbocycles. The highest BCUT2D eigenvalue weighted by atomic mass is 16.2. The second kappa shape index (κ2) is 12.7. The number of rotatable bonds is 10. The minimum Gasteiger partial charge on any atom is -0.337 e. The van der Waals surface area contributed by atoms with Crippen molar-refractivity contribution in [1.82, 2.24) is 19.6 Å². The number of amides is 3. The molecular formula is C35H36N4O3. The summed E-state index contributed by atoms with van der Waals surface area (Å²) in [6.45, 7) is 5.76. The van der Waals surface area contributed by atoms with E-state index in [0.29, 0.717) is 43.9 Å². The molecule has 6 rings (SSSR count). The number of hydrogen-bond acceptors (Lipinski definition) is 5. The van der Waals surface area contributed by atoms with Gasteiger partial charge in [0.25, 0.3) is 11.8 Å². The predicted molar refractivity (Wildman–Crippen MR) is 164 cm³/mol. The first kappa shape index (κ1) is 27.8. The van der Waals surface area contributed by atoms with Crippen LogP contribution >= 0.6 is 0 Å². The van der Waals surface area contributed by atoms with E-state index in [0.717, 1.165) is 48.9 Å². The lowest BCUT2D eigenvalue weighted by atomic mass is 9.94. The maximum atomic E-state index is 13.5. The first-order valence-corrected chi connectivity index (χ1v) is 14.7.